The van der Waals surface area contributed by atoms with Gasteiger partial charge in [-0.2, -0.15) is 0 Å². The number of carbonyl (C=O) groups is 1. The highest BCUT2D eigenvalue weighted by Crippen LogP contribution is 2.42. The zero-order chi connectivity index (χ0) is 13.7. The molecule has 0 aromatic carbocycles. The average molecular weight is 265 g/mol. The Kier molecular flexibility index (Phi) is 5.03. The minimum absolute atomic E-state index is 0.327. The summed E-state index contributed by atoms with van der Waals surface area (Å²) in [5.74, 6) is 0.292. The van der Waals surface area contributed by atoms with E-state index in [1.165, 1.54) is 44.6 Å². The molecule has 0 atom stereocenters. The molecule has 19 heavy (non-hydrogen) atoms. The Morgan fingerprint density at radius 2 is 1.42 bits per heavy atom. The Morgan fingerprint density at radius 1 is 1.00 bits per heavy atom. The van der Waals surface area contributed by atoms with Crippen molar-refractivity contribution in [3.8, 4) is 0 Å². The van der Waals surface area contributed by atoms with Crippen LogP contribution in [0.2, 0.25) is 0 Å². The molecule has 0 spiro atoms. The Bertz CT molecular complexity index is 297. The minimum atomic E-state index is -0.758. The number of hydrogen-bond acceptors (Lipinski definition) is 3. The predicted octanol–water partition coefficient (Wildman–Crippen LogP) is 3.53. The first-order chi connectivity index (χ1) is 9.16. The van der Waals surface area contributed by atoms with E-state index in [0.29, 0.717) is 11.8 Å². The van der Waals surface area contributed by atoms with Gasteiger partial charge in [-0.05, 0) is 25.7 Å². The molecule has 0 aliphatic heterocycles. The second-order valence-corrected chi connectivity index (χ2v) is 6.15. The van der Waals surface area contributed by atoms with Gasteiger partial charge in [0.05, 0.1) is 0 Å². The maximum Gasteiger partial charge on any atom is 0.331 e. The van der Waals surface area contributed by atoms with Gasteiger partial charge in [-0.25, -0.2) is 4.79 Å². The number of carbonyl (C=O) groups excluding carboxylic acids is 1. The molecule has 108 valence electrons. The Morgan fingerprint density at radius 3 is 1.79 bits per heavy atom. The molecular weight excluding hydrogens is 238 g/mol. The molecule has 0 heterocycles. The van der Waals surface area contributed by atoms with Crippen LogP contribution in [-0.2, 0) is 9.53 Å². The lowest BCUT2D eigenvalue weighted by Gasteiger charge is -2.45. The summed E-state index contributed by atoms with van der Waals surface area (Å²) in [7, 11) is 0. The van der Waals surface area contributed by atoms with E-state index in [1.54, 1.807) is 0 Å². The number of hydrogen-bond donors (Lipinski definition) is 1. The largest absolute Gasteiger partial charge is 0.440 e. The summed E-state index contributed by atoms with van der Waals surface area (Å²) >= 11 is 0. The third-order valence-electron chi connectivity index (χ3n) is 4.93. The Balaban J connectivity index is 2.14. The van der Waals surface area contributed by atoms with E-state index < -0.39 is 5.72 Å². The molecule has 0 saturated heterocycles. The van der Waals surface area contributed by atoms with Crippen molar-refractivity contribution in [1.29, 1.82) is 0 Å². The van der Waals surface area contributed by atoms with Crippen molar-refractivity contribution in [1.82, 2.24) is 0 Å². The van der Waals surface area contributed by atoms with Crippen LogP contribution in [0, 0.1) is 11.8 Å². The number of ether oxygens (including phenoxy) is 1. The fraction of sp³-hybridized carbons (Fsp3) is 0.812. The molecule has 2 saturated carbocycles. The first-order valence-corrected chi connectivity index (χ1v) is 7.81. The van der Waals surface area contributed by atoms with E-state index in [4.69, 9.17) is 10.5 Å². The Labute approximate surface area is 116 Å². The fourth-order valence-corrected chi connectivity index (χ4v) is 3.82. The molecule has 0 unspecified atom stereocenters. The predicted molar refractivity (Wildman–Crippen MR) is 76.4 cm³/mol. The van der Waals surface area contributed by atoms with Crippen molar-refractivity contribution < 1.29 is 9.53 Å². The van der Waals surface area contributed by atoms with E-state index >= 15 is 0 Å². The highest BCUT2D eigenvalue weighted by Gasteiger charge is 2.45. The summed E-state index contributed by atoms with van der Waals surface area (Å²) in [6, 6.07) is 0. The summed E-state index contributed by atoms with van der Waals surface area (Å²) in [6.07, 6.45) is 13.0. The van der Waals surface area contributed by atoms with Gasteiger partial charge in [0.25, 0.3) is 0 Å². The monoisotopic (exact) mass is 265 g/mol. The van der Waals surface area contributed by atoms with Crippen LogP contribution in [0.25, 0.3) is 0 Å². The zero-order valence-corrected chi connectivity index (χ0v) is 11.9. The van der Waals surface area contributed by atoms with Gasteiger partial charge in [0.1, 0.15) is 0 Å². The standard InChI is InChI=1S/C16H27NO2/c1-2-15(18)19-16(17,13-9-5-3-6-10-13)14-11-7-4-8-12-14/h2,13-14H,1,3-12,17H2. The highest BCUT2D eigenvalue weighted by molar-refractivity contribution is 5.81. The maximum absolute atomic E-state index is 11.7. The second kappa shape index (κ2) is 6.56. The number of nitrogens with two attached hydrogens (primary N) is 1. The molecule has 2 aliphatic carbocycles. The van der Waals surface area contributed by atoms with Crippen molar-refractivity contribution >= 4 is 5.97 Å². The summed E-state index contributed by atoms with van der Waals surface area (Å²) in [4.78, 5) is 11.7. The van der Waals surface area contributed by atoms with Crippen molar-refractivity contribution in [3.05, 3.63) is 12.7 Å². The zero-order valence-electron chi connectivity index (χ0n) is 11.9. The third-order valence-corrected chi connectivity index (χ3v) is 4.93. The van der Waals surface area contributed by atoms with E-state index in [-0.39, 0.29) is 5.97 Å². The highest BCUT2D eigenvalue weighted by atomic mass is 16.6. The van der Waals surface area contributed by atoms with Gasteiger partial charge in [0.15, 0.2) is 5.72 Å². The summed E-state index contributed by atoms with van der Waals surface area (Å²) < 4.78 is 5.69. The van der Waals surface area contributed by atoms with Crippen LogP contribution in [0.3, 0.4) is 0 Å². The van der Waals surface area contributed by atoms with Crippen molar-refractivity contribution in [2.45, 2.75) is 69.9 Å². The van der Waals surface area contributed by atoms with Gasteiger partial charge in [-0.3, -0.25) is 5.73 Å². The molecule has 0 bridgehead atoms. The van der Waals surface area contributed by atoms with Crippen LogP contribution in [-0.4, -0.2) is 11.7 Å². The SMILES string of the molecule is C=CC(=O)OC(N)(C1CCCCC1)C1CCCCC1. The second-order valence-electron chi connectivity index (χ2n) is 6.15. The van der Waals surface area contributed by atoms with Crippen molar-refractivity contribution in [3.63, 3.8) is 0 Å². The van der Waals surface area contributed by atoms with E-state index in [9.17, 15) is 4.79 Å². The third kappa shape index (κ3) is 3.38. The molecule has 3 heteroatoms. The van der Waals surface area contributed by atoms with Crippen LogP contribution in [0.1, 0.15) is 64.2 Å². The van der Waals surface area contributed by atoms with Gasteiger partial charge in [-0.1, -0.05) is 45.1 Å². The van der Waals surface area contributed by atoms with Gasteiger partial charge in [0, 0.05) is 17.9 Å². The van der Waals surface area contributed by atoms with Gasteiger partial charge >= 0.3 is 5.97 Å². The van der Waals surface area contributed by atoms with E-state index in [2.05, 4.69) is 6.58 Å². The first-order valence-electron chi connectivity index (χ1n) is 7.81. The van der Waals surface area contributed by atoms with Gasteiger partial charge in [0.2, 0.25) is 0 Å². The molecule has 0 aromatic heterocycles. The lowest BCUT2D eigenvalue weighted by atomic mass is 9.71. The smallest absolute Gasteiger partial charge is 0.331 e. The van der Waals surface area contributed by atoms with E-state index in [1.807, 2.05) is 0 Å². The maximum atomic E-state index is 11.7. The number of rotatable bonds is 4. The van der Waals surface area contributed by atoms with Crippen LogP contribution in [0.4, 0.5) is 0 Å². The summed E-state index contributed by atoms with van der Waals surface area (Å²) in [5, 5.41) is 0. The molecule has 2 rings (SSSR count). The lowest BCUT2D eigenvalue weighted by molar-refractivity contribution is -0.173. The molecular formula is C16H27NO2. The molecule has 0 amide bonds. The van der Waals surface area contributed by atoms with Crippen LogP contribution < -0.4 is 5.73 Å². The molecule has 2 aliphatic rings. The quantitative estimate of drug-likeness (QED) is 0.480. The molecule has 0 aromatic rings. The number of esters is 1. The van der Waals surface area contributed by atoms with Crippen molar-refractivity contribution in [2.75, 3.05) is 0 Å². The van der Waals surface area contributed by atoms with Crippen LogP contribution in [0.5, 0.6) is 0 Å². The molecule has 2 fully saturated rings. The first kappa shape index (κ1) is 14.6. The molecule has 2 N–H and O–H groups in total. The Hall–Kier alpha value is -0.830. The molecule has 0 radical (unpaired) electrons. The summed E-state index contributed by atoms with van der Waals surface area (Å²) in [6.45, 7) is 3.50. The van der Waals surface area contributed by atoms with Gasteiger partial charge < -0.3 is 4.74 Å². The van der Waals surface area contributed by atoms with Crippen LogP contribution in [0.15, 0.2) is 12.7 Å². The summed E-state index contributed by atoms with van der Waals surface area (Å²) in [5.41, 5.74) is 5.88. The lowest BCUT2D eigenvalue weighted by Crippen LogP contribution is -2.57. The minimum Gasteiger partial charge on any atom is -0.440 e. The van der Waals surface area contributed by atoms with Crippen molar-refractivity contribution in [2.24, 2.45) is 17.6 Å². The van der Waals surface area contributed by atoms with Gasteiger partial charge in [-0.15, -0.1) is 0 Å². The fourth-order valence-electron chi connectivity index (χ4n) is 3.82. The topological polar surface area (TPSA) is 52.3 Å². The van der Waals surface area contributed by atoms with E-state index in [0.717, 1.165) is 25.7 Å². The normalized spacial score (nSPS) is 23.0. The van der Waals surface area contributed by atoms with Crippen LogP contribution >= 0.6 is 0 Å². The average Bonchev–Trinajstić information content (AvgIpc) is 2.48. The molecule has 3 nitrogen and oxygen atoms in total.